The van der Waals surface area contributed by atoms with Crippen molar-refractivity contribution in [3.8, 4) is 0 Å². The first-order chi connectivity index (χ1) is 15.7. The highest BCUT2D eigenvalue weighted by molar-refractivity contribution is 5.97. The molecule has 6 heteroatoms. The van der Waals surface area contributed by atoms with Crippen molar-refractivity contribution in [2.24, 2.45) is 5.92 Å². The van der Waals surface area contributed by atoms with E-state index in [1.165, 1.54) is 6.42 Å². The molecule has 1 aromatic heterocycles. The summed E-state index contributed by atoms with van der Waals surface area (Å²) >= 11 is 0. The molecule has 170 valence electrons. The molecule has 0 atom stereocenters. The Morgan fingerprint density at radius 1 is 0.875 bits per heavy atom. The molecule has 0 bridgehead atoms. The van der Waals surface area contributed by atoms with Gasteiger partial charge in [-0.1, -0.05) is 55.7 Å². The lowest BCUT2D eigenvalue weighted by Crippen LogP contribution is -2.50. The fourth-order valence-electron chi connectivity index (χ4n) is 4.75. The van der Waals surface area contributed by atoms with Crippen molar-refractivity contribution < 1.29 is 9.59 Å². The minimum Gasteiger partial charge on any atom is -0.299 e. The largest absolute Gasteiger partial charge is 0.299 e. The molecule has 1 aliphatic carbocycles. The van der Waals surface area contributed by atoms with Crippen LogP contribution in [0.3, 0.4) is 0 Å². The molecule has 1 saturated carbocycles. The Morgan fingerprint density at radius 3 is 2.25 bits per heavy atom. The molecule has 2 aromatic rings. The number of pyridine rings is 1. The van der Waals surface area contributed by atoms with Gasteiger partial charge in [0.1, 0.15) is 5.82 Å². The van der Waals surface area contributed by atoms with Crippen LogP contribution in [0, 0.1) is 5.92 Å². The number of piperazine rings is 1. The lowest BCUT2D eigenvalue weighted by molar-refractivity contribution is -0.123. The summed E-state index contributed by atoms with van der Waals surface area (Å²) in [7, 11) is 0. The van der Waals surface area contributed by atoms with Crippen LogP contribution in [-0.4, -0.2) is 72.3 Å². The average molecular weight is 435 g/mol. The number of benzene rings is 1. The number of amides is 1. The summed E-state index contributed by atoms with van der Waals surface area (Å²) in [4.78, 5) is 36.8. The number of nitrogens with zero attached hydrogens (tertiary/aromatic N) is 4. The molecule has 0 N–H and O–H groups in total. The Morgan fingerprint density at radius 2 is 1.56 bits per heavy atom. The van der Waals surface area contributed by atoms with Crippen LogP contribution in [0.15, 0.2) is 54.7 Å². The Labute approximate surface area is 191 Å². The average Bonchev–Trinajstić information content (AvgIpc) is 2.87. The predicted molar refractivity (Wildman–Crippen MR) is 127 cm³/mol. The molecule has 32 heavy (non-hydrogen) atoms. The highest BCUT2D eigenvalue weighted by Gasteiger charge is 2.28. The van der Waals surface area contributed by atoms with E-state index in [-0.39, 0.29) is 17.6 Å². The minimum absolute atomic E-state index is 0.131. The molecule has 0 unspecified atom stereocenters. The lowest BCUT2D eigenvalue weighted by Gasteiger charge is -2.36. The molecule has 0 radical (unpaired) electrons. The van der Waals surface area contributed by atoms with Crippen molar-refractivity contribution in [2.75, 3.05) is 50.7 Å². The second-order valence-electron chi connectivity index (χ2n) is 8.92. The number of carbonyl (C=O) groups excluding carboxylic acids is 2. The fraction of sp³-hybridized carbons (Fsp3) is 0.500. The van der Waals surface area contributed by atoms with Gasteiger partial charge in [0.05, 0.1) is 6.54 Å². The van der Waals surface area contributed by atoms with Gasteiger partial charge in [-0.2, -0.15) is 0 Å². The second kappa shape index (κ2) is 11.3. The topological polar surface area (TPSA) is 56.8 Å². The zero-order chi connectivity index (χ0) is 22.2. The van der Waals surface area contributed by atoms with Crippen LogP contribution < -0.4 is 4.90 Å². The van der Waals surface area contributed by atoms with Crippen LogP contribution in [0.2, 0.25) is 0 Å². The maximum atomic E-state index is 13.3. The monoisotopic (exact) mass is 434 g/mol. The van der Waals surface area contributed by atoms with Crippen LogP contribution in [0.5, 0.6) is 0 Å². The quantitative estimate of drug-likeness (QED) is 0.595. The molecule has 2 heterocycles. The molecule has 1 aromatic carbocycles. The summed E-state index contributed by atoms with van der Waals surface area (Å²) in [5.74, 6) is 1.30. The first-order valence-corrected chi connectivity index (χ1v) is 12.0. The predicted octanol–water partition coefficient (Wildman–Crippen LogP) is 3.50. The number of ketones is 1. The Hall–Kier alpha value is -2.57. The standard InChI is InChI=1S/C26H34N4O2/c31-24(22-9-3-1-4-10-22)21-29-17-15-28(16-18-29)19-20-30(25-13-7-8-14-27-25)26(32)23-11-5-2-6-12-23/h1,3-4,7-10,13-14,23H,2,5-6,11-12,15-21H2. The molecule has 6 nitrogen and oxygen atoms in total. The van der Waals surface area contributed by atoms with Crippen molar-refractivity contribution in [3.05, 3.63) is 60.3 Å². The fourth-order valence-corrected chi connectivity index (χ4v) is 4.75. The van der Waals surface area contributed by atoms with Gasteiger partial charge in [0.2, 0.25) is 5.91 Å². The smallest absolute Gasteiger partial charge is 0.231 e. The molecular formula is C26H34N4O2. The first-order valence-electron chi connectivity index (χ1n) is 12.0. The molecule has 1 saturated heterocycles. The number of aromatic nitrogens is 1. The summed E-state index contributed by atoms with van der Waals surface area (Å²) in [6.07, 6.45) is 7.29. The van der Waals surface area contributed by atoms with E-state index in [1.807, 2.05) is 53.4 Å². The van der Waals surface area contributed by atoms with Crippen molar-refractivity contribution in [1.82, 2.24) is 14.8 Å². The van der Waals surface area contributed by atoms with Crippen molar-refractivity contribution in [2.45, 2.75) is 32.1 Å². The summed E-state index contributed by atoms with van der Waals surface area (Å²) in [5, 5.41) is 0. The van der Waals surface area contributed by atoms with E-state index in [4.69, 9.17) is 0 Å². The lowest BCUT2D eigenvalue weighted by atomic mass is 9.88. The summed E-state index contributed by atoms with van der Waals surface area (Å²) in [6, 6.07) is 15.3. The summed E-state index contributed by atoms with van der Waals surface area (Å²) in [6.45, 7) is 5.53. The maximum absolute atomic E-state index is 13.3. The number of rotatable bonds is 8. The van der Waals surface area contributed by atoms with Crippen molar-refractivity contribution in [1.29, 1.82) is 0 Å². The van der Waals surface area contributed by atoms with E-state index in [1.54, 1.807) is 6.20 Å². The first kappa shape index (κ1) is 22.6. The number of carbonyl (C=O) groups is 2. The van der Waals surface area contributed by atoms with E-state index in [0.29, 0.717) is 13.1 Å². The normalized spacial score (nSPS) is 18.4. The van der Waals surface area contributed by atoms with Gasteiger partial charge >= 0.3 is 0 Å². The van der Waals surface area contributed by atoms with Gasteiger partial charge in [0, 0.05) is 56.9 Å². The maximum Gasteiger partial charge on any atom is 0.231 e. The molecular weight excluding hydrogens is 400 g/mol. The van der Waals surface area contributed by atoms with Gasteiger partial charge in [0.25, 0.3) is 0 Å². The summed E-state index contributed by atoms with van der Waals surface area (Å²) in [5.41, 5.74) is 0.780. The Balaban J connectivity index is 1.29. The van der Waals surface area contributed by atoms with Crippen molar-refractivity contribution >= 4 is 17.5 Å². The van der Waals surface area contributed by atoms with Crippen LogP contribution >= 0.6 is 0 Å². The number of hydrogen-bond donors (Lipinski definition) is 0. The molecule has 1 amide bonds. The van der Waals surface area contributed by atoms with Crippen LogP contribution in [0.25, 0.3) is 0 Å². The minimum atomic E-state index is 0.131. The van der Waals surface area contributed by atoms with E-state index >= 15 is 0 Å². The Kier molecular flexibility index (Phi) is 8.02. The highest BCUT2D eigenvalue weighted by atomic mass is 16.2. The number of anilines is 1. The number of Topliss-reactive ketones (excluding diaryl/α,β-unsaturated/α-hetero) is 1. The van der Waals surface area contributed by atoms with E-state index < -0.39 is 0 Å². The molecule has 2 aliphatic rings. The van der Waals surface area contributed by atoms with Crippen LogP contribution in [-0.2, 0) is 4.79 Å². The van der Waals surface area contributed by atoms with Crippen LogP contribution in [0.1, 0.15) is 42.5 Å². The zero-order valence-corrected chi connectivity index (χ0v) is 18.9. The van der Waals surface area contributed by atoms with Gasteiger partial charge in [-0.05, 0) is 25.0 Å². The van der Waals surface area contributed by atoms with E-state index in [2.05, 4.69) is 14.8 Å². The van der Waals surface area contributed by atoms with Gasteiger partial charge in [0.15, 0.2) is 5.78 Å². The molecule has 2 fully saturated rings. The van der Waals surface area contributed by atoms with E-state index in [0.717, 1.165) is 69.8 Å². The third-order valence-electron chi connectivity index (χ3n) is 6.71. The van der Waals surface area contributed by atoms with Crippen molar-refractivity contribution in [3.63, 3.8) is 0 Å². The highest BCUT2D eigenvalue weighted by Crippen LogP contribution is 2.27. The Bertz CT molecular complexity index is 860. The van der Waals surface area contributed by atoms with Gasteiger partial charge in [-0.25, -0.2) is 4.98 Å². The second-order valence-corrected chi connectivity index (χ2v) is 8.92. The van der Waals surface area contributed by atoms with Gasteiger partial charge in [-0.3, -0.25) is 24.3 Å². The van der Waals surface area contributed by atoms with Gasteiger partial charge in [-0.15, -0.1) is 0 Å². The summed E-state index contributed by atoms with van der Waals surface area (Å²) < 4.78 is 0. The van der Waals surface area contributed by atoms with E-state index in [9.17, 15) is 9.59 Å². The SMILES string of the molecule is O=C(CN1CCN(CCN(C(=O)C2CCCCC2)c2ccccn2)CC1)c1ccccc1. The molecule has 4 rings (SSSR count). The zero-order valence-electron chi connectivity index (χ0n) is 18.9. The molecule has 1 aliphatic heterocycles. The van der Waals surface area contributed by atoms with Gasteiger partial charge < -0.3 is 0 Å². The van der Waals surface area contributed by atoms with Crippen LogP contribution in [0.4, 0.5) is 5.82 Å². The molecule has 0 spiro atoms. The number of hydrogen-bond acceptors (Lipinski definition) is 5. The third kappa shape index (κ3) is 6.02. The third-order valence-corrected chi connectivity index (χ3v) is 6.71.